The summed E-state index contributed by atoms with van der Waals surface area (Å²) in [5.41, 5.74) is 0.137. The molecule has 1 saturated carbocycles. The second-order valence-corrected chi connectivity index (χ2v) is 14.1. The summed E-state index contributed by atoms with van der Waals surface area (Å²) < 4.78 is 27.2. The van der Waals surface area contributed by atoms with Gasteiger partial charge in [-0.25, -0.2) is 13.8 Å². The van der Waals surface area contributed by atoms with Gasteiger partial charge in [0.05, 0.1) is 12.2 Å². The number of aromatic nitrogens is 2. The van der Waals surface area contributed by atoms with E-state index < -0.39 is 72.4 Å². The Bertz CT molecular complexity index is 1290. The van der Waals surface area contributed by atoms with E-state index in [1.807, 2.05) is 20.8 Å². The molecule has 0 spiro atoms. The summed E-state index contributed by atoms with van der Waals surface area (Å²) >= 11 is 0. The van der Waals surface area contributed by atoms with Crippen LogP contribution in [0.2, 0.25) is 0 Å². The van der Waals surface area contributed by atoms with Crippen molar-refractivity contribution >= 4 is 34.9 Å². The number of nitrogens with one attached hydrogen (secondary N) is 1. The SMILES string of the molecule is CC[C@H](C)CC(=O)C(=O)C(CC(=O)C1[C@H]2CCC[C@H]2CN1C(=O)[C@@H](NC(=O)[C@H](CC(=O)c1cnccn1)C(C)C)C(C)C)CC(F)F. The van der Waals surface area contributed by atoms with E-state index in [-0.39, 0.29) is 60.5 Å². The quantitative estimate of drug-likeness (QED) is 0.173. The Labute approximate surface area is 276 Å². The lowest BCUT2D eigenvalue weighted by Gasteiger charge is -2.33. The van der Waals surface area contributed by atoms with Crippen LogP contribution in [0.3, 0.4) is 0 Å². The molecule has 0 aromatic carbocycles. The van der Waals surface area contributed by atoms with Gasteiger partial charge in [-0.3, -0.25) is 33.8 Å². The summed E-state index contributed by atoms with van der Waals surface area (Å²) in [6, 6.07) is -1.95. The van der Waals surface area contributed by atoms with E-state index >= 15 is 0 Å². The van der Waals surface area contributed by atoms with E-state index in [4.69, 9.17) is 0 Å². The summed E-state index contributed by atoms with van der Waals surface area (Å²) in [5, 5.41) is 2.85. The van der Waals surface area contributed by atoms with Crippen LogP contribution >= 0.6 is 0 Å². The van der Waals surface area contributed by atoms with Crippen molar-refractivity contribution in [1.82, 2.24) is 20.2 Å². The Hall–Kier alpha value is -3.44. The maximum Gasteiger partial charge on any atom is 0.246 e. The van der Waals surface area contributed by atoms with Crippen LogP contribution in [0.4, 0.5) is 8.78 Å². The van der Waals surface area contributed by atoms with Crippen LogP contribution in [-0.2, 0) is 24.0 Å². The molecule has 2 amide bonds. The van der Waals surface area contributed by atoms with Crippen LogP contribution in [0.5, 0.6) is 0 Å². The molecule has 12 heteroatoms. The number of fused-ring (bicyclic) bond motifs is 1. The summed E-state index contributed by atoms with van der Waals surface area (Å²) in [4.78, 5) is 89.7. The fraction of sp³-hybridized carbons (Fsp3) is 0.714. The minimum absolute atomic E-state index is 0.0284. The molecular weight excluding hydrogens is 610 g/mol. The molecule has 2 heterocycles. The highest BCUT2D eigenvalue weighted by atomic mass is 19.3. The van der Waals surface area contributed by atoms with Crippen LogP contribution in [-0.4, -0.2) is 74.9 Å². The van der Waals surface area contributed by atoms with Crippen LogP contribution in [0.1, 0.15) is 103 Å². The van der Waals surface area contributed by atoms with E-state index in [2.05, 4.69) is 15.3 Å². The second kappa shape index (κ2) is 17.1. The summed E-state index contributed by atoms with van der Waals surface area (Å²) in [5.74, 6) is -6.62. The lowest BCUT2D eigenvalue weighted by molar-refractivity contribution is -0.145. The smallest absolute Gasteiger partial charge is 0.246 e. The van der Waals surface area contributed by atoms with Crippen molar-refractivity contribution in [2.75, 3.05) is 6.54 Å². The highest BCUT2D eigenvalue weighted by Gasteiger charge is 2.51. The molecule has 1 aliphatic carbocycles. The number of amides is 2. The molecule has 2 fully saturated rings. The number of halogens is 2. The first-order chi connectivity index (χ1) is 22.2. The zero-order chi connectivity index (χ0) is 35.0. The topological polar surface area (TPSA) is 143 Å². The Morgan fingerprint density at radius 2 is 1.66 bits per heavy atom. The molecule has 1 saturated heterocycles. The Balaban J connectivity index is 1.82. The number of carbonyl (C=O) groups is 6. The third-order valence-corrected chi connectivity index (χ3v) is 9.92. The van der Waals surface area contributed by atoms with Crippen LogP contribution < -0.4 is 5.32 Å². The second-order valence-electron chi connectivity index (χ2n) is 14.1. The van der Waals surface area contributed by atoms with Crippen LogP contribution in [0.25, 0.3) is 0 Å². The number of rotatable bonds is 18. The molecule has 47 heavy (non-hydrogen) atoms. The fourth-order valence-corrected chi connectivity index (χ4v) is 6.93. The highest BCUT2D eigenvalue weighted by molar-refractivity contribution is 6.38. The van der Waals surface area contributed by atoms with Gasteiger partial charge < -0.3 is 10.2 Å². The molecule has 260 valence electrons. The lowest BCUT2D eigenvalue weighted by atomic mass is 9.83. The summed E-state index contributed by atoms with van der Waals surface area (Å²) in [6.45, 7) is 11.1. The first kappa shape index (κ1) is 38.0. The number of hydrogen-bond donors (Lipinski definition) is 1. The van der Waals surface area contributed by atoms with Crippen molar-refractivity contribution in [2.45, 2.75) is 111 Å². The summed E-state index contributed by atoms with van der Waals surface area (Å²) in [7, 11) is 0. The fourth-order valence-electron chi connectivity index (χ4n) is 6.93. The number of hydrogen-bond acceptors (Lipinski definition) is 8. The number of ketones is 4. The molecule has 2 unspecified atom stereocenters. The number of alkyl halides is 2. The zero-order valence-electron chi connectivity index (χ0n) is 28.4. The third kappa shape index (κ3) is 9.79. The molecule has 1 aliphatic heterocycles. The van der Waals surface area contributed by atoms with E-state index in [1.54, 1.807) is 20.8 Å². The maximum absolute atomic E-state index is 14.2. The van der Waals surface area contributed by atoms with E-state index in [0.717, 1.165) is 12.8 Å². The molecule has 0 radical (unpaired) electrons. The monoisotopic (exact) mass is 660 g/mol. The van der Waals surface area contributed by atoms with Gasteiger partial charge in [0.1, 0.15) is 11.7 Å². The Morgan fingerprint density at radius 1 is 0.957 bits per heavy atom. The van der Waals surface area contributed by atoms with Gasteiger partial charge in [0.2, 0.25) is 24.0 Å². The molecule has 1 N–H and O–H groups in total. The van der Waals surface area contributed by atoms with Gasteiger partial charge >= 0.3 is 0 Å². The molecule has 7 atom stereocenters. The number of likely N-dealkylation sites (tertiary alicyclic amines) is 1. The molecule has 1 aromatic heterocycles. The first-order valence-corrected chi connectivity index (χ1v) is 16.9. The maximum atomic E-state index is 14.2. The van der Waals surface area contributed by atoms with Gasteiger partial charge in [0.15, 0.2) is 17.3 Å². The van der Waals surface area contributed by atoms with Crippen molar-refractivity contribution in [2.24, 2.45) is 41.4 Å². The molecule has 2 aliphatic rings. The molecular formula is C35H50F2N4O6. The Morgan fingerprint density at radius 3 is 2.23 bits per heavy atom. The molecule has 0 bridgehead atoms. The van der Waals surface area contributed by atoms with Crippen molar-refractivity contribution < 1.29 is 37.5 Å². The predicted octanol–water partition coefficient (Wildman–Crippen LogP) is 4.89. The highest BCUT2D eigenvalue weighted by Crippen LogP contribution is 2.43. The standard InChI is InChI=1S/C35H50F2N4O6/c1-7-21(6)13-29(44)33(45)23(15-30(36)37)14-28(43)32-24-10-8-9-22(24)18-41(32)35(47)31(20(4)5)40-34(46)25(19(2)3)16-27(42)26-17-38-11-12-39-26/h11-12,17,19-25,30-32H,7-10,13-16,18H2,1-6H3,(H,40,46)/t21-,22-,23?,24-,25+,31-,32?/m0/s1. The minimum atomic E-state index is -2.89. The van der Waals surface area contributed by atoms with Gasteiger partial charge in [0, 0.05) is 56.5 Å². The Kier molecular flexibility index (Phi) is 13.8. The first-order valence-electron chi connectivity index (χ1n) is 16.9. The minimum Gasteiger partial charge on any atom is -0.344 e. The molecule has 1 aromatic rings. The normalized spacial score (nSPS) is 21.8. The molecule has 3 rings (SSSR count). The average molecular weight is 661 g/mol. The van der Waals surface area contributed by atoms with Crippen molar-refractivity contribution in [1.29, 1.82) is 0 Å². The number of carbonyl (C=O) groups excluding carboxylic acids is 6. The van der Waals surface area contributed by atoms with Gasteiger partial charge in [-0.2, -0.15) is 0 Å². The van der Waals surface area contributed by atoms with E-state index in [1.165, 1.54) is 23.5 Å². The van der Waals surface area contributed by atoms with Gasteiger partial charge in [-0.15, -0.1) is 0 Å². The largest absolute Gasteiger partial charge is 0.344 e. The number of Topliss-reactive ketones (excluding diaryl/α,β-unsaturated/α-hetero) is 4. The van der Waals surface area contributed by atoms with Gasteiger partial charge in [-0.05, 0) is 42.4 Å². The van der Waals surface area contributed by atoms with Crippen molar-refractivity contribution in [3.63, 3.8) is 0 Å². The lowest BCUT2D eigenvalue weighted by Crippen LogP contribution is -2.56. The predicted molar refractivity (Wildman–Crippen MR) is 170 cm³/mol. The van der Waals surface area contributed by atoms with Crippen molar-refractivity contribution in [3.05, 3.63) is 24.3 Å². The van der Waals surface area contributed by atoms with Gasteiger partial charge in [-0.1, -0.05) is 54.4 Å². The van der Waals surface area contributed by atoms with Gasteiger partial charge in [0.25, 0.3) is 0 Å². The number of nitrogens with zero attached hydrogens (tertiary/aromatic N) is 3. The van der Waals surface area contributed by atoms with E-state index in [0.29, 0.717) is 12.8 Å². The average Bonchev–Trinajstić information content (AvgIpc) is 3.62. The van der Waals surface area contributed by atoms with Crippen molar-refractivity contribution in [3.8, 4) is 0 Å². The van der Waals surface area contributed by atoms with E-state index in [9.17, 15) is 37.5 Å². The third-order valence-electron chi connectivity index (χ3n) is 9.92. The zero-order valence-corrected chi connectivity index (χ0v) is 28.4. The molecule has 10 nitrogen and oxygen atoms in total. The van der Waals surface area contributed by atoms with Crippen LogP contribution in [0.15, 0.2) is 18.6 Å². The van der Waals surface area contributed by atoms with Crippen LogP contribution in [0, 0.1) is 41.4 Å². The summed E-state index contributed by atoms with van der Waals surface area (Å²) in [6.07, 6.45) is 2.59.